The zero-order chi connectivity index (χ0) is 18.8. The minimum absolute atomic E-state index is 0.0108. The molecule has 140 valence electrons. The number of hydrogen-bond donors (Lipinski definition) is 0. The van der Waals surface area contributed by atoms with Crippen molar-refractivity contribution >= 4 is 17.5 Å². The third-order valence-corrected chi connectivity index (χ3v) is 5.52. The Bertz CT molecular complexity index is 832. The fourth-order valence-electron chi connectivity index (χ4n) is 4.08. The Balaban J connectivity index is 1.54. The third-order valence-electron chi connectivity index (χ3n) is 5.52. The fourth-order valence-corrected chi connectivity index (χ4v) is 4.08. The zero-order valence-electron chi connectivity index (χ0n) is 15.2. The molecule has 1 unspecified atom stereocenters. The van der Waals surface area contributed by atoms with Gasteiger partial charge in [-0.25, -0.2) is 4.39 Å². The molecule has 1 atom stereocenters. The van der Waals surface area contributed by atoms with Crippen LogP contribution in [0.5, 0.6) is 0 Å². The summed E-state index contributed by atoms with van der Waals surface area (Å²) in [4.78, 5) is 28.7. The molecular formula is C22H23FN2O2. The van der Waals surface area contributed by atoms with Gasteiger partial charge in [0.15, 0.2) is 0 Å². The highest BCUT2D eigenvalue weighted by molar-refractivity contribution is 5.97. The summed E-state index contributed by atoms with van der Waals surface area (Å²) in [6.07, 6.45) is 4.39. The molecule has 2 saturated heterocycles. The molecule has 5 heteroatoms. The van der Waals surface area contributed by atoms with Crippen LogP contribution >= 0.6 is 0 Å². The highest BCUT2D eigenvalue weighted by Gasteiger charge is 2.29. The first kappa shape index (κ1) is 17.7. The lowest BCUT2D eigenvalue weighted by Crippen LogP contribution is -2.38. The number of carbonyl (C=O) groups is 2. The molecular weight excluding hydrogens is 343 g/mol. The Morgan fingerprint density at radius 2 is 1.67 bits per heavy atom. The summed E-state index contributed by atoms with van der Waals surface area (Å²) in [6.45, 7) is 1.44. The van der Waals surface area contributed by atoms with Crippen LogP contribution in [-0.2, 0) is 4.79 Å². The second kappa shape index (κ2) is 7.51. The van der Waals surface area contributed by atoms with Crippen LogP contribution in [0.15, 0.2) is 48.5 Å². The molecule has 0 N–H and O–H groups in total. The molecule has 0 aliphatic carbocycles. The molecule has 2 aromatic rings. The minimum Gasteiger partial charge on any atom is -0.332 e. The van der Waals surface area contributed by atoms with E-state index >= 15 is 0 Å². The van der Waals surface area contributed by atoms with Gasteiger partial charge in [-0.2, -0.15) is 0 Å². The quantitative estimate of drug-likeness (QED) is 0.812. The lowest BCUT2D eigenvalue weighted by atomic mass is 9.94. The van der Waals surface area contributed by atoms with Crippen LogP contribution in [0, 0.1) is 5.82 Å². The van der Waals surface area contributed by atoms with E-state index in [-0.39, 0.29) is 23.7 Å². The monoisotopic (exact) mass is 366 g/mol. The van der Waals surface area contributed by atoms with Crippen LogP contribution in [-0.4, -0.2) is 29.8 Å². The Morgan fingerprint density at radius 3 is 2.33 bits per heavy atom. The largest absolute Gasteiger partial charge is 0.332 e. The standard InChI is InChI=1S/C22H23FN2O2/c23-18-10-6-16(7-11-18)20-4-1-2-14-25(20)22(27)17-8-12-19(13-9-17)24-15-3-5-21(24)26/h6-13,20H,1-5,14-15H2. The van der Waals surface area contributed by atoms with Crippen molar-refractivity contribution < 1.29 is 14.0 Å². The highest BCUT2D eigenvalue weighted by Crippen LogP contribution is 2.32. The lowest BCUT2D eigenvalue weighted by Gasteiger charge is -2.36. The molecule has 2 amide bonds. The summed E-state index contributed by atoms with van der Waals surface area (Å²) in [5, 5.41) is 0. The predicted molar refractivity (Wildman–Crippen MR) is 102 cm³/mol. The molecule has 2 aliphatic heterocycles. The lowest BCUT2D eigenvalue weighted by molar-refractivity contribution is -0.117. The van der Waals surface area contributed by atoms with Gasteiger partial charge in [0.25, 0.3) is 5.91 Å². The maximum Gasteiger partial charge on any atom is 0.254 e. The van der Waals surface area contributed by atoms with Crippen molar-refractivity contribution in [3.05, 3.63) is 65.5 Å². The number of anilines is 1. The summed E-state index contributed by atoms with van der Waals surface area (Å²) in [5.41, 5.74) is 2.45. The first-order valence-corrected chi connectivity index (χ1v) is 9.60. The molecule has 0 spiro atoms. The average Bonchev–Trinajstić information content (AvgIpc) is 3.14. The molecule has 0 saturated carbocycles. The predicted octanol–water partition coefficient (Wildman–Crippen LogP) is 4.32. The van der Waals surface area contributed by atoms with Crippen molar-refractivity contribution in [1.82, 2.24) is 4.90 Å². The van der Waals surface area contributed by atoms with E-state index in [1.165, 1.54) is 12.1 Å². The van der Waals surface area contributed by atoms with E-state index in [4.69, 9.17) is 0 Å². The number of benzene rings is 2. The van der Waals surface area contributed by atoms with E-state index in [2.05, 4.69) is 0 Å². The molecule has 0 aromatic heterocycles. The molecule has 4 rings (SSSR count). The Morgan fingerprint density at radius 1 is 0.926 bits per heavy atom. The van der Waals surface area contributed by atoms with Gasteiger partial charge >= 0.3 is 0 Å². The number of piperidine rings is 1. The van der Waals surface area contributed by atoms with E-state index in [1.54, 1.807) is 29.2 Å². The molecule has 2 aromatic carbocycles. The van der Waals surface area contributed by atoms with E-state index < -0.39 is 0 Å². The number of rotatable bonds is 3. The van der Waals surface area contributed by atoms with Gasteiger partial charge < -0.3 is 9.80 Å². The fraction of sp³-hybridized carbons (Fsp3) is 0.364. The van der Waals surface area contributed by atoms with Crippen molar-refractivity contribution in [3.63, 3.8) is 0 Å². The zero-order valence-corrected chi connectivity index (χ0v) is 15.2. The number of hydrogen-bond acceptors (Lipinski definition) is 2. The van der Waals surface area contributed by atoms with Crippen LogP contribution in [0.1, 0.15) is 54.1 Å². The van der Waals surface area contributed by atoms with Crippen LogP contribution in [0.4, 0.5) is 10.1 Å². The highest BCUT2D eigenvalue weighted by atomic mass is 19.1. The van der Waals surface area contributed by atoms with Crippen LogP contribution < -0.4 is 4.90 Å². The number of likely N-dealkylation sites (tertiary alicyclic amines) is 1. The SMILES string of the molecule is O=C1CCCN1c1ccc(C(=O)N2CCCCC2c2ccc(F)cc2)cc1. The van der Waals surface area contributed by atoms with Crippen molar-refractivity contribution in [2.24, 2.45) is 0 Å². The summed E-state index contributed by atoms with van der Waals surface area (Å²) in [7, 11) is 0. The molecule has 4 nitrogen and oxygen atoms in total. The van der Waals surface area contributed by atoms with Crippen molar-refractivity contribution in [2.75, 3.05) is 18.0 Å². The average molecular weight is 366 g/mol. The normalized spacial score (nSPS) is 20.2. The first-order chi connectivity index (χ1) is 13.1. The molecule has 2 heterocycles. The minimum atomic E-state index is -0.264. The number of halogens is 1. The summed E-state index contributed by atoms with van der Waals surface area (Å²) in [6, 6.07) is 13.7. The Labute approximate surface area is 158 Å². The Hall–Kier alpha value is -2.69. The van der Waals surface area contributed by atoms with Crippen molar-refractivity contribution in [1.29, 1.82) is 0 Å². The second-order valence-electron chi connectivity index (χ2n) is 7.26. The molecule has 27 heavy (non-hydrogen) atoms. The van der Waals surface area contributed by atoms with Gasteiger partial charge in [0.2, 0.25) is 5.91 Å². The van der Waals surface area contributed by atoms with Gasteiger partial charge in [0, 0.05) is 30.8 Å². The molecule has 0 radical (unpaired) electrons. The molecule has 2 fully saturated rings. The van der Waals surface area contributed by atoms with E-state index in [1.807, 2.05) is 17.0 Å². The van der Waals surface area contributed by atoms with E-state index in [9.17, 15) is 14.0 Å². The van der Waals surface area contributed by atoms with Crippen LogP contribution in [0.2, 0.25) is 0 Å². The molecule has 0 bridgehead atoms. The van der Waals surface area contributed by atoms with E-state index in [0.717, 1.165) is 43.5 Å². The number of nitrogens with zero attached hydrogens (tertiary/aromatic N) is 2. The third kappa shape index (κ3) is 3.59. The van der Waals surface area contributed by atoms with Crippen LogP contribution in [0.3, 0.4) is 0 Å². The number of amides is 2. The van der Waals surface area contributed by atoms with Crippen molar-refractivity contribution in [2.45, 2.75) is 38.1 Å². The maximum atomic E-state index is 13.3. The summed E-state index contributed by atoms with van der Waals surface area (Å²) >= 11 is 0. The van der Waals surface area contributed by atoms with Gasteiger partial charge in [-0.15, -0.1) is 0 Å². The van der Waals surface area contributed by atoms with E-state index in [0.29, 0.717) is 18.5 Å². The van der Waals surface area contributed by atoms with Gasteiger partial charge in [0.05, 0.1) is 6.04 Å². The topological polar surface area (TPSA) is 40.6 Å². The van der Waals surface area contributed by atoms with Crippen LogP contribution in [0.25, 0.3) is 0 Å². The smallest absolute Gasteiger partial charge is 0.254 e. The summed E-state index contributed by atoms with van der Waals surface area (Å²) in [5.74, 6) is -0.135. The van der Waals surface area contributed by atoms with Crippen molar-refractivity contribution in [3.8, 4) is 0 Å². The van der Waals surface area contributed by atoms with Gasteiger partial charge in [0.1, 0.15) is 5.82 Å². The first-order valence-electron chi connectivity index (χ1n) is 9.60. The maximum absolute atomic E-state index is 13.3. The van der Waals surface area contributed by atoms with Gasteiger partial charge in [-0.05, 0) is 67.6 Å². The van der Waals surface area contributed by atoms with Gasteiger partial charge in [-0.3, -0.25) is 9.59 Å². The Kier molecular flexibility index (Phi) is 4.92. The number of carbonyl (C=O) groups excluding carboxylic acids is 2. The van der Waals surface area contributed by atoms with Gasteiger partial charge in [-0.1, -0.05) is 12.1 Å². The second-order valence-corrected chi connectivity index (χ2v) is 7.26. The summed E-state index contributed by atoms with van der Waals surface area (Å²) < 4.78 is 13.3. The molecule has 2 aliphatic rings.